The maximum atomic E-state index is 11.7. The summed E-state index contributed by atoms with van der Waals surface area (Å²) in [6, 6.07) is 0.231. The molecule has 1 saturated heterocycles. The summed E-state index contributed by atoms with van der Waals surface area (Å²) in [6.07, 6.45) is 5.74. The average Bonchev–Trinajstić information content (AvgIpc) is 2.84. The Morgan fingerprint density at radius 1 is 1.41 bits per heavy atom. The predicted octanol–water partition coefficient (Wildman–Crippen LogP) is 0.749. The van der Waals surface area contributed by atoms with Crippen LogP contribution in [0.2, 0.25) is 0 Å². The fraction of sp³-hybridized carbons (Fsp3) is 0.700. The van der Waals surface area contributed by atoms with E-state index in [1.807, 2.05) is 0 Å². The highest BCUT2D eigenvalue weighted by Gasteiger charge is 2.36. The van der Waals surface area contributed by atoms with Crippen molar-refractivity contribution in [1.82, 2.24) is 9.78 Å². The third-order valence-corrected chi connectivity index (χ3v) is 4.97. The molecule has 0 bridgehead atoms. The van der Waals surface area contributed by atoms with Gasteiger partial charge < -0.3 is 4.74 Å². The Morgan fingerprint density at radius 2 is 2.24 bits per heavy atom. The number of rotatable bonds is 4. The number of sulfonamides is 1. The molecule has 2 fully saturated rings. The zero-order valence-electron chi connectivity index (χ0n) is 9.37. The molecule has 2 aliphatic rings. The zero-order valence-corrected chi connectivity index (χ0v) is 10.2. The molecule has 0 unspecified atom stereocenters. The molecule has 17 heavy (non-hydrogen) atoms. The van der Waals surface area contributed by atoms with Gasteiger partial charge in [0.05, 0.1) is 29.8 Å². The molecule has 1 atom stereocenters. The van der Waals surface area contributed by atoms with Crippen LogP contribution in [-0.4, -0.2) is 36.7 Å². The van der Waals surface area contributed by atoms with Crippen molar-refractivity contribution < 1.29 is 13.2 Å². The lowest BCUT2D eigenvalue weighted by Crippen LogP contribution is -2.17. The molecule has 0 spiro atoms. The van der Waals surface area contributed by atoms with Gasteiger partial charge in [0.15, 0.2) is 0 Å². The van der Waals surface area contributed by atoms with Gasteiger partial charge in [-0.25, -0.2) is 8.42 Å². The van der Waals surface area contributed by atoms with Gasteiger partial charge in [0.25, 0.3) is 0 Å². The molecule has 0 amide bonds. The number of hydrogen-bond donors (Lipinski definition) is 1. The van der Waals surface area contributed by atoms with E-state index in [1.165, 1.54) is 0 Å². The predicted molar refractivity (Wildman–Crippen MR) is 62.3 cm³/mol. The van der Waals surface area contributed by atoms with E-state index in [1.54, 1.807) is 17.1 Å². The highest BCUT2D eigenvalue weighted by molar-refractivity contribution is 7.93. The molecular formula is C10H15N3O3S. The summed E-state index contributed by atoms with van der Waals surface area (Å²) in [5, 5.41) is 3.96. The molecule has 1 N–H and O–H groups in total. The molecule has 1 aromatic heterocycles. The van der Waals surface area contributed by atoms with Crippen molar-refractivity contribution in [3.63, 3.8) is 0 Å². The minimum atomic E-state index is -3.18. The van der Waals surface area contributed by atoms with Crippen molar-refractivity contribution in [2.24, 2.45) is 0 Å². The Balaban J connectivity index is 1.71. The molecule has 1 saturated carbocycles. The Hall–Kier alpha value is -1.08. The van der Waals surface area contributed by atoms with E-state index in [0.717, 1.165) is 25.9 Å². The number of aromatic nitrogens is 2. The first kappa shape index (κ1) is 11.0. The molecule has 0 radical (unpaired) electrons. The largest absolute Gasteiger partial charge is 0.379 e. The molecule has 2 heterocycles. The fourth-order valence-electron chi connectivity index (χ4n) is 1.95. The maximum Gasteiger partial charge on any atom is 0.235 e. The number of ether oxygens (including phenoxy) is 1. The van der Waals surface area contributed by atoms with Crippen LogP contribution in [0.4, 0.5) is 5.69 Å². The normalized spacial score (nSPS) is 25.1. The van der Waals surface area contributed by atoms with Gasteiger partial charge in [-0.3, -0.25) is 9.40 Å². The maximum absolute atomic E-state index is 11.7. The fourth-order valence-corrected chi connectivity index (χ4v) is 3.30. The summed E-state index contributed by atoms with van der Waals surface area (Å²) in [6.45, 7) is 1.39. The van der Waals surface area contributed by atoms with Gasteiger partial charge in [0.2, 0.25) is 10.0 Å². The Labute approximate surface area is 100 Å². The minimum absolute atomic E-state index is 0.208. The van der Waals surface area contributed by atoms with Crippen LogP contribution in [0.15, 0.2) is 12.4 Å². The summed E-state index contributed by atoms with van der Waals surface area (Å²) < 4.78 is 33.1. The quantitative estimate of drug-likeness (QED) is 0.863. The summed E-state index contributed by atoms with van der Waals surface area (Å²) in [5.41, 5.74) is 0.545. The van der Waals surface area contributed by atoms with Crippen LogP contribution in [-0.2, 0) is 14.8 Å². The molecule has 94 valence electrons. The first-order valence-corrected chi connectivity index (χ1v) is 7.33. The van der Waals surface area contributed by atoms with Gasteiger partial charge in [0.1, 0.15) is 0 Å². The summed E-state index contributed by atoms with van der Waals surface area (Å²) >= 11 is 0. The van der Waals surface area contributed by atoms with E-state index in [-0.39, 0.29) is 11.3 Å². The molecule has 3 rings (SSSR count). The number of hydrogen-bond acceptors (Lipinski definition) is 4. The average molecular weight is 257 g/mol. The van der Waals surface area contributed by atoms with Gasteiger partial charge in [-0.15, -0.1) is 0 Å². The van der Waals surface area contributed by atoms with Gasteiger partial charge in [-0.1, -0.05) is 0 Å². The highest BCUT2D eigenvalue weighted by Crippen LogP contribution is 2.30. The van der Waals surface area contributed by atoms with E-state index >= 15 is 0 Å². The standard InChI is InChI=1S/C10H15N3O3S/c14-17(15,10-1-2-10)12-8-5-11-13(6-8)9-3-4-16-7-9/h5-6,9-10,12H,1-4,7H2/t9-/m1/s1. The smallest absolute Gasteiger partial charge is 0.235 e. The van der Waals surface area contributed by atoms with Crippen LogP contribution < -0.4 is 4.72 Å². The summed E-state index contributed by atoms with van der Waals surface area (Å²) in [5.74, 6) is 0. The second kappa shape index (κ2) is 3.99. The molecular weight excluding hydrogens is 242 g/mol. The van der Waals surface area contributed by atoms with Gasteiger partial charge >= 0.3 is 0 Å². The van der Waals surface area contributed by atoms with E-state index in [2.05, 4.69) is 9.82 Å². The number of nitrogens with one attached hydrogen (secondary N) is 1. The molecule has 1 aliphatic heterocycles. The van der Waals surface area contributed by atoms with Crippen molar-refractivity contribution in [1.29, 1.82) is 0 Å². The Kier molecular flexibility index (Phi) is 2.59. The van der Waals surface area contributed by atoms with Crippen molar-refractivity contribution in [2.75, 3.05) is 17.9 Å². The molecule has 1 aromatic rings. The number of nitrogens with zero attached hydrogens (tertiary/aromatic N) is 2. The SMILES string of the molecule is O=S(=O)(Nc1cnn([C@@H]2CCOC2)c1)C1CC1. The lowest BCUT2D eigenvalue weighted by atomic mass is 10.3. The molecule has 0 aromatic carbocycles. The van der Waals surface area contributed by atoms with Gasteiger partial charge in [-0.05, 0) is 19.3 Å². The monoisotopic (exact) mass is 257 g/mol. The van der Waals surface area contributed by atoms with Crippen molar-refractivity contribution in [3.8, 4) is 0 Å². The zero-order chi connectivity index (χ0) is 11.9. The molecule has 6 nitrogen and oxygen atoms in total. The first-order valence-electron chi connectivity index (χ1n) is 5.79. The van der Waals surface area contributed by atoms with Crippen LogP contribution in [0.25, 0.3) is 0 Å². The third kappa shape index (κ3) is 2.30. The highest BCUT2D eigenvalue weighted by atomic mass is 32.2. The van der Waals surface area contributed by atoms with Crippen molar-refractivity contribution in [3.05, 3.63) is 12.4 Å². The Morgan fingerprint density at radius 3 is 2.88 bits per heavy atom. The van der Waals surface area contributed by atoms with Crippen molar-refractivity contribution in [2.45, 2.75) is 30.6 Å². The second-order valence-electron chi connectivity index (χ2n) is 4.57. The summed E-state index contributed by atoms with van der Waals surface area (Å²) in [7, 11) is -3.18. The topological polar surface area (TPSA) is 73.2 Å². The van der Waals surface area contributed by atoms with Crippen LogP contribution in [0.1, 0.15) is 25.3 Å². The first-order chi connectivity index (χ1) is 8.15. The minimum Gasteiger partial charge on any atom is -0.379 e. The third-order valence-electron chi connectivity index (χ3n) is 3.10. The molecule has 7 heteroatoms. The van der Waals surface area contributed by atoms with Crippen LogP contribution >= 0.6 is 0 Å². The van der Waals surface area contributed by atoms with Gasteiger partial charge in [0, 0.05) is 12.8 Å². The van der Waals surface area contributed by atoms with E-state index in [0.29, 0.717) is 12.3 Å². The Bertz CT molecular complexity index is 501. The lowest BCUT2D eigenvalue weighted by Gasteiger charge is -2.07. The van der Waals surface area contributed by atoms with E-state index in [4.69, 9.17) is 4.74 Å². The molecule has 1 aliphatic carbocycles. The lowest BCUT2D eigenvalue weighted by molar-refractivity contribution is 0.184. The van der Waals surface area contributed by atoms with Crippen LogP contribution in [0.5, 0.6) is 0 Å². The van der Waals surface area contributed by atoms with Crippen LogP contribution in [0, 0.1) is 0 Å². The van der Waals surface area contributed by atoms with E-state index in [9.17, 15) is 8.42 Å². The van der Waals surface area contributed by atoms with Crippen LogP contribution in [0.3, 0.4) is 0 Å². The van der Waals surface area contributed by atoms with E-state index < -0.39 is 10.0 Å². The van der Waals surface area contributed by atoms with Gasteiger partial charge in [-0.2, -0.15) is 5.10 Å². The summed E-state index contributed by atoms with van der Waals surface area (Å²) in [4.78, 5) is 0. The number of anilines is 1. The van der Waals surface area contributed by atoms with Crippen molar-refractivity contribution >= 4 is 15.7 Å². The second-order valence-corrected chi connectivity index (χ2v) is 6.53.